The Hall–Kier alpha value is -4.25. The second-order valence-electron chi connectivity index (χ2n) is 10.2. The molecule has 5 rings (SSSR count). The summed E-state index contributed by atoms with van der Waals surface area (Å²) in [5.74, 6) is -0.923. The molecule has 9 nitrogen and oxygen atoms in total. The Labute approximate surface area is 237 Å². The van der Waals surface area contributed by atoms with Crippen molar-refractivity contribution in [3.8, 4) is 11.5 Å². The first-order chi connectivity index (χ1) is 19.8. The first-order valence-electron chi connectivity index (χ1n) is 13.8. The van der Waals surface area contributed by atoms with Crippen LogP contribution in [0.3, 0.4) is 0 Å². The largest absolute Gasteiger partial charge is 0.586 e. The molecule has 0 bridgehead atoms. The molecule has 3 N–H and O–H groups in total. The number of ether oxygens (including phenoxy) is 2. The quantitative estimate of drug-likeness (QED) is 0.288. The molecule has 0 spiro atoms. The van der Waals surface area contributed by atoms with Crippen molar-refractivity contribution < 1.29 is 27.8 Å². The number of pyridine rings is 1. The van der Waals surface area contributed by atoms with Gasteiger partial charge in [-0.15, -0.1) is 8.78 Å². The number of likely N-dealkylation sites (tertiary alicyclic amines) is 1. The molecule has 3 heterocycles. The number of hydrogen-bond acceptors (Lipinski definition) is 7. The van der Waals surface area contributed by atoms with E-state index in [1.165, 1.54) is 37.5 Å². The fraction of sp³-hybridized carbons (Fsp3) is 0.367. The average Bonchev–Trinajstić information content (AvgIpc) is 3.28. The van der Waals surface area contributed by atoms with E-state index in [1.807, 2.05) is 0 Å². The fourth-order valence-corrected chi connectivity index (χ4v) is 5.03. The molecule has 1 aromatic heterocycles. The van der Waals surface area contributed by atoms with Gasteiger partial charge >= 0.3 is 6.29 Å². The molecule has 216 valence electrons. The minimum Gasteiger partial charge on any atom is -0.395 e. The Morgan fingerprint density at radius 1 is 1.05 bits per heavy atom. The van der Waals surface area contributed by atoms with Gasteiger partial charge in [0, 0.05) is 49.3 Å². The molecule has 0 aliphatic carbocycles. The van der Waals surface area contributed by atoms with E-state index < -0.39 is 12.2 Å². The number of para-hydroxylation sites is 1. The lowest BCUT2D eigenvalue weighted by Crippen LogP contribution is -2.39. The smallest absolute Gasteiger partial charge is 0.395 e. The SMILES string of the molecule is CC1CCCCN1CCCNC(=O)c1cc(CNc2ccccc2C(=O)Nc2ccc3c(c2)OC(F)(F)O3)ccn1. The fourth-order valence-electron chi connectivity index (χ4n) is 5.03. The van der Waals surface area contributed by atoms with Gasteiger partial charge in [0.05, 0.1) is 5.56 Å². The number of rotatable bonds is 10. The number of anilines is 2. The van der Waals surface area contributed by atoms with Gasteiger partial charge in [-0.1, -0.05) is 18.6 Å². The van der Waals surface area contributed by atoms with Crippen LogP contribution < -0.4 is 25.4 Å². The van der Waals surface area contributed by atoms with Crippen LogP contribution in [0, 0.1) is 0 Å². The molecule has 3 aromatic rings. The van der Waals surface area contributed by atoms with Crippen LogP contribution in [0.2, 0.25) is 0 Å². The van der Waals surface area contributed by atoms with Crippen LogP contribution in [0.5, 0.6) is 11.5 Å². The van der Waals surface area contributed by atoms with Gasteiger partial charge in [-0.25, -0.2) is 0 Å². The van der Waals surface area contributed by atoms with E-state index in [0.717, 1.165) is 25.1 Å². The summed E-state index contributed by atoms with van der Waals surface area (Å²) in [5, 5.41) is 8.90. The third kappa shape index (κ3) is 7.29. The summed E-state index contributed by atoms with van der Waals surface area (Å²) in [4.78, 5) is 32.4. The molecular weight excluding hydrogens is 532 g/mol. The minimum absolute atomic E-state index is 0.104. The summed E-state index contributed by atoms with van der Waals surface area (Å²) >= 11 is 0. The number of nitrogens with zero attached hydrogens (tertiary/aromatic N) is 2. The Kier molecular flexibility index (Phi) is 8.63. The molecule has 1 fully saturated rings. The number of hydrogen-bond donors (Lipinski definition) is 3. The number of piperidine rings is 1. The molecule has 2 aliphatic rings. The van der Waals surface area contributed by atoms with Crippen LogP contribution >= 0.6 is 0 Å². The lowest BCUT2D eigenvalue weighted by Gasteiger charge is -2.33. The van der Waals surface area contributed by atoms with E-state index in [9.17, 15) is 18.4 Å². The molecular formula is C30H33F2N5O4. The van der Waals surface area contributed by atoms with E-state index in [4.69, 9.17) is 0 Å². The second-order valence-corrected chi connectivity index (χ2v) is 10.2. The van der Waals surface area contributed by atoms with Crippen molar-refractivity contribution in [1.29, 1.82) is 0 Å². The van der Waals surface area contributed by atoms with E-state index in [-0.39, 0.29) is 23.1 Å². The lowest BCUT2D eigenvalue weighted by atomic mass is 10.0. The highest BCUT2D eigenvalue weighted by Crippen LogP contribution is 2.42. The number of carbonyl (C=O) groups excluding carboxylic acids is 2. The molecule has 11 heteroatoms. The number of benzene rings is 2. The molecule has 0 saturated carbocycles. The Morgan fingerprint density at radius 3 is 2.73 bits per heavy atom. The van der Waals surface area contributed by atoms with Gasteiger partial charge in [0.25, 0.3) is 11.8 Å². The molecule has 1 unspecified atom stereocenters. The number of alkyl halides is 2. The zero-order valence-electron chi connectivity index (χ0n) is 22.8. The standard InChI is InChI=1S/C30H33F2N5O4/c1-20-7-4-5-15-37(20)16-6-13-34-29(39)25-17-21(12-14-33-25)19-35-24-9-3-2-8-23(24)28(38)36-22-10-11-26-27(18-22)41-30(31,32)40-26/h2-3,8-12,14,17-18,20,35H,4-7,13,15-16,19H2,1H3,(H,34,39)(H,36,38). The normalized spacial score (nSPS) is 17.6. The monoisotopic (exact) mass is 565 g/mol. The third-order valence-electron chi connectivity index (χ3n) is 7.22. The van der Waals surface area contributed by atoms with Gasteiger partial charge in [0.15, 0.2) is 11.5 Å². The zero-order chi connectivity index (χ0) is 28.8. The third-order valence-corrected chi connectivity index (χ3v) is 7.22. The summed E-state index contributed by atoms with van der Waals surface area (Å²) in [7, 11) is 0. The Bertz CT molecular complexity index is 1400. The van der Waals surface area contributed by atoms with Crippen LogP contribution in [0.15, 0.2) is 60.8 Å². The number of amides is 2. The maximum absolute atomic E-state index is 13.3. The van der Waals surface area contributed by atoms with Crippen molar-refractivity contribution in [2.75, 3.05) is 30.3 Å². The minimum atomic E-state index is -3.74. The van der Waals surface area contributed by atoms with Crippen molar-refractivity contribution in [3.63, 3.8) is 0 Å². The zero-order valence-corrected chi connectivity index (χ0v) is 22.8. The lowest BCUT2D eigenvalue weighted by molar-refractivity contribution is -0.286. The van der Waals surface area contributed by atoms with E-state index >= 15 is 0 Å². The first kappa shape index (κ1) is 28.3. The van der Waals surface area contributed by atoms with Crippen molar-refractivity contribution in [1.82, 2.24) is 15.2 Å². The summed E-state index contributed by atoms with van der Waals surface area (Å²) in [5.41, 5.74) is 2.34. The van der Waals surface area contributed by atoms with Crippen LogP contribution in [0.4, 0.5) is 20.2 Å². The molecule has 1 atom stereocenters. The van der Waals surface area contributed by atoms with Crippen LogP contribution in [-0.4, -0.2) is 53.7 Å². The summed E-state index contributed by atoms with van der Waals surface area (Å²) in [6, 6.07) is 15.1. The molecule has 41 heavy (non-hydrogen) atoms. The van der Waals surface area contributed by atoms with Gasteiger partial charge in [-0.3, -0.25) is 14.6 Å². The summed E-state index contributed by atoms with van der Waals surface area (Å²) in [6.07, 6.45) is 2.49. The van der Waals surface area contributed by atoms with Gasteiger partial charge < -0.3 is 30.3 Å². The van der Waals surface area contributed by atoms with E-state index in [2.05, 4.69) is 42.2 Å². The average molecular weight is 566 g/mol. The van der Waals surface area contributed by atoms with Gasteiger partial charge in [-0.2, -0.15) is 0 Å². The number of nitrogens with one attached hydrogen (secondary N) is 3. The highest BCUT2D eigenvalue weighted by atomic mass is 19.3. The second kappa shape index (κ2) is 12.5. The van der Waals surface area contributed by atoms with Crippen LogP contribution in [-0.2, 0) is 6.54 Å². The summed E-state index contributed by atoms with van der Waals surface area (Å²) < 4.78 is 35.5. The van der Waals surface area contributed by atoms with Crippen molar-refractivity contribution in [2.45, 2.75) is 51.5 Å². The Morgan fingerprint density at radius 2 is 1.88 bits per heavy atom. The molecule has 1 saturated heterocycles. The number of fused-ring (bicyclic) bond motifs is 1. The number of aromatic nitrogens is 1. The van der Waals surface area contributed by atoms with Crippen molar-refractivity contribution in [3.05, 3.63) is 77.6 Å². The van der Waals surface area contributed by atoms with E-state index in [0.29, 0.717) is 36.1 Å². The number of carbonyl (C=O) groups is 2. The predicted molar refractivity (Wildman–Crippen MR) is 150 cm³/mol. The maximum atomic E-state index is 13.3. The van der Waals surface area contributed by atoms with Crippen LogP contribution in [0.25, 0.3) is 0 Å². The summed E-state index contributed by atoms with van der Waals surface area (Å²) in [6.45, 7) is 5.28. The molecule has 0 radical (unpaired) electrons. The first-order valence-corrected chi connectivity index (χ1v) is 13.8. The van der Waals surface area contributed by atoms with Crippen molar-refractivity contribution in [2.24, 2.45) is 0 Å². The molecule has 2 aromatic carbocycles. The molecule has 2 amide bonds. The highest BCUT2D eigenvalue weighted by Gasteiger charge is 2.43. The van der Waals surface area contributed by atoms with Gasteiger partial charge in [0.1, 0.15) is 5.69 Å². The maximum Gasteiger partial charge on any atom is 0.586 e. The van der Waals surface area contributed by atoms with Crippen molar-refractivity contribution >= 4 is 23.2 Å². The van der Waals surface area contributed by atoms with Crippen LogP contribution in [0.1, 0.15) is 59.0 Å². The van der Waals surface area contributed by atoms with E-state index in [1.54, 1.807) is 42.6 Å². The topological polar surface area (TPSA) is 105 Å². The highest BCUT2D eigenvalue weighted by molar-refractivity contribution is 6.08. The predicted octanol–water partition coefficient (Wildman–Crippen LogP) is 5.26. The molecule has 2 aliphatic heterocycles. The van der Waals surface area contributed by atoms with Gasteiger partial charge in [0.2, 0.25) is 0 Å². The van der Waals surface area contributed by atoms with Gasteiger partial charge in [-0.05, 0) is 74.7 Å². The number of halogens is 2. The Balaban J connectivity index is 1.14.